The summed E-state index contributed by atoms with van der Waals surface area (Å²) in [6.07, 6.45) is 6.34. The first-order valence-corrected chi connectivity index (χ1v) is 6.14. The van der Waals surface area contributed by atoms with Crippen molar-refractivity contribution in [3.05, 3.63) is 0 Å². The fraction of sp³-hybridized carbons (Fsp3) is 0.923. The van der Waals surface area contributed by atoms with E-state index in [9.17, 15) is 4.79 Å². The summed E-state index contributed by atoms with van der Waals surface area (Å²) in [5.41, 5.74) is 0. The van der Waals surface area contributed by atoms with Gasteiger partial charge in [0.1, 0.15) is 6.29 Å². The number of aldehydes is 1. The number of rotatable bonds is 10. The normalized spacial score (nSPS) is 15.1. The lowest BCUT2D eigenvalue weighted by Crippen LogP contribution is -2.14. The maximum absolute atomic E-state index is 10.4. The third kappa shape index (κ3) is 7.83. The highest BCUT2D eigenvalue weighted by atomic mass is 16.7. The predicted octanol–water partition coefficient (Wildman–Crippen LogP) is 3.03. The smallest absolute Gasteiger partial charge is 0.156 e. The molecule has 0 radical (unpaired) electrons. The lowest BCUT2D eigenvalue weighted by atomic mass is 9.96. The average Bonchev–Trinajstić information content (AvgIpc) is 2.30. The van der Waals surface area contributed by atoms with Crippen molar-refractivity contribution in [3.63, 3.8) is 0 Å². The first kappa shape index (κ1) is 15.6. The van der Waals surface area contributed by atoms with E-state index in [1.807, 2.05) is 6.92 Å². The van der Waals surface area contributed by atoms with Crippen molar-refractivity contribution < 1.29 is 14.3 Å². The fourth-order valence-electron chi connectivity index (χ4n) is 1.75. The van der Waals surface area contributed by atoms with Crippen LogP contribution in [0.15, 0.2) is 0 Å². The number of methoxy groups -OCH3 is 2. The Hall–Kier alpha value is -0.410. The van der Waals surface area contributed by atoms with E-state index in [1.54, 1.807) is 14.2 Å². The van der Waals surface area contributed by atoms with E-state index < -0.39 is 0 Å². The second-order valence-electron chi connectivity index (χ2n) is 4.63. The van der Waals surface area contributed by atoms with E-state index in [2.05, 4.69) is 6.92 Å². The first-order valence-electron chi connectivity index (χ1n) is 6.14. The van der Waals surface area contributed by atoms with Gasteiger partial charge in [-0.1, -0.05) is 26.7 Å². The second kappa shape index (κ2) is 9.79. The molecule has 3 nitrogen and oxygen atoms in total. The van der Waals surface area contributed by atoms with Crippen molar-refractivity contribution in [2.45, 2.75) is 52.2 Å². The predicted molar refractivity (Wildman–Crippen MR) is 65.3 cm³/mol. The Labute approximate surface area is 99.5 Å². The van der Waals surface area contributed by atoms with E-state index in [-0.39, 0.29) is 12.2 Å². The van der Waals surface area contributed by atoms with Crippen LogP contribution in [0.1, 0.15) is 46.0 Å². The molecule has 3 heteroatoms. The highest BCUT2D eigenvalue weighted by molar-refractivity contribution is 5.52. The molecule has 2 atom stereocenters. The average molecular weight is 230 g/mol. The third-order valence-electron chi connectivity index (χ3n) is 3.01. The highest BCUT2D eigenvalue weighted by Crippen LogP contribution is 2.17. The molecule has 0 rings (SSSR count). The van der Waals surface area contributed by atoms with E-state index >= 15 is 0 Å². The number of hydrogen-bond donors (Lipinski definition) is 0. The molecule has 0 aliphatic rings. The quantitative estimate of drug-likeness (QED) is 0.427. The molecule has 0 amide bonds. The molecule has 0 aliphatic carbocycles. The Morgan fingerprint density at radius 1 is 1.00 bits per heavy atom. The molecule has 0 bridgehead atoms. The molecular formula is C13H26O3. The van der Waals surface area contributed by atoms with Crippen LogP contribution >= 0.6 is 0 Å². The van der Waals surface area contributed by atoms with Crippen LogP contribution in [0.25, 0.3) is 0 Å². The molecule has 0 aliphatic heterocycles. The van der Waals surface area contributed by atoms with Crippen LogP contribution in [0.3, 0.4) is 0 Å². The second-order valence-corrected chi connectivity index (χ2v) is 4.63. The molecular weight excluding hydrogens is 204 g/mol. The van der Waals surface area contributed by atoms with Gasteiger partial charge in [0.2, 0.25) is 0 Å². The van der Waals surface area contributed by atoms with Gasteiger partial charge in [-0.15, -0.1) is 0 Å². The van der Waals surface area contributed by atoms with Crippen molar-refractivity contribution in [3.8, 4) is 0 Å². The molecule has 0 heterocycles. The third-order valence-corrected chi connectivity index (χ3v) is 3.01. The van der Waals surface area contributed by atoms with E-state index in [0.717, 1.165) is 32.0 Å². The summed E-state index contributed by atoms with van der Waals surface area (Å²) in [7, 11) is 3.34. The molecule has 96 valence electrons. The van der Waals surface area contributed by atoms with Gasteiger partial charge in [-0.3, -0.25) is 0 Å². The zero-order chi connectivity index (χ0) is 12.4. The van der Waals surface area contributed by atoms with Gasteiger partial charge in [-0.25, -0.2) is 0 Å². The van der Waals surface area contributed by atoms with Crippen LogP contribution in [0.2, 0.25) is 0 Å². The Balaban J connectivity index is 3.50. The topological polar surface area (TPSA) is 35.5 Å². The SMILES string of the molecule is COC(CC[C@H](C)CCC[C@@H](C)C=O)OC. The van der Waals surface area contributed by atoms with Gasteiger partial charge in [0.25, 0.3) is 0 Å². The zero-order valence-corrected chi connectivity index (χ0v) is 11.1. The molecule has 0 fully saturated rings. The molecule has 0 saturated heterocycles. The van der Waals surface area contributed by atoms with Gasteiger partial charge < -0.3 is 14.3 Å². The van der Waals surface area contributed by atoms with Gasteiger partial charge in [0.15, 0.2) is 6.29 Å². The van der Waals surface area contributed by atoms with Crippen LogP contribution in [0.5, 0.6) is 0 Å². The number of carbonyl (C=O) groups is 1. The lowest BCUT2D eigenvalue weighted by Gasteiger charge is -2.16. The minimum Gasteiger partial charge on any atom is -0.356 e. The van der Waals surface area contributed by atoms with E-state index in [1.165, 1.54) is 6.42 Å². The van der Waals surface area contributed by atoms with Gasteiger partial charge in [0, 0.05) is 20.1 Å². The zero-order valence-electron chi connectivity index (χ0n) is 11.1. The Morgan fingerprint density at radius 3 is 2.12 bits per heavy atom. The summed E-state index contributed by atoms with van der Waals surface area (Å²) >= 11 is 0. The van der Waals surface area contributed by atoms with Crippen molar-refractivity contribution >= 4 is 6.29 Å². The summed E-state index contributed by atoms with van der Waals surface area (Å²) in [5.74, 6) is 0.879. The van der Waals surface area contributed by atoms with Crippen LogP contribution < -0.4 is 0 Å². The van der Waals surface area contributed by atoms with Crippen LogP contribution in [0.4, 0.5) is 0 Å². The molecule has 0 N–H and O–H groups in total. The number of carbonyl (C=O) groups excluding carboxylic acids is 1. The minimum atomic E-state index is -0.0728. The minimum absolute atomic E-state index is 0.0728. The van der Waals surface area contributed by atoms with E-state index in [0.29, 0.717) is 5.92 Å². The van der Waals surface area contributed by atoms with Crippen molar-refractivity contribution in [1.29, 1.82) is 0 Å². The van der Waals surface area contributed by atoms with Crippen molar-refractivity contribution in [2.24, 2.45) is 11.8 Å². The maximum Gasteiger partial charge on any atom is 0.156 e. The first-order chi connectivity index (χ1) is 7.63. The number of hydrogen-bond acceptors (Lipinski definition) is 3. The van der Waals surface area contributed by atoms with Gasteiger partial charge in [-0.05, 0) is 25.2 Å². The molecule has 0 unspecified atom stereocenters. The Morgan fingerprint density at radius 2 is 1.62 bits per heavy atom. The summed E-state index contributed by atoms with van der Waals surface area (Å²) in [6.45, 7) is 4.22. The van der Waals surface area contributed by atoms with Crippen LogP contribution in [-0.4, -0.2) is 26.8 Å². The van der Waals surface area contributed by atoms with Crippen molar-refractivity contribution in [1.82, 2.24) is 0 Å². The molecule has 0 aromatic carbocycles. The largest absolute Gasteiger partial charge is 0.356 e. The lowest BCUT2D eigenvalue weighted by molar-refractivity contribution is -0.110. The molecule has 0 aromatic rings. The van der Waals surface area contributed by atoms with Crippen molar-refractivity contribution in [2.75, 3.05) is 14.2 Å². The molecule has 0 aromatic heterocycles. The fourth-order valence-corrected chi connectivity index (χ4v) is 1.75. The summed E-state index contributed by atoms with van der Waals surface area (Å²) in [5, 5.41) is 0. The Kier molecular flexibility index (Phi) is 9.54. The van der Waals surface area contributed by atoms with Gasteiger partial charge >= 0.3 is 0 Å². The Bertz CT molecular complexity index is 167. The molecule has 16 heavy (non-hydrogen) atoms. The number of ether oxygens (including phenoxy) is 2. The van der Waals surface area contributed by atoms with Crippen LogP contribution in [-0.2, 0) is 14.3 Å². The molecule has 0 saturated carbocycles. The summed E-state index contributed by atoms with van der Waals surface area (Å²) in [6, 6.07) is 0. The standard InChI is InChI=1S/C13H26O3/c1-11(6-5-7-12(2)10-14)8-9-13(15-3)16-4/h10-13H,5-9H2,1-4H3/t11-,12-/m1/s1. The maximum atomic E-state index is 10.4. The van der Waals surface area contributed by atoms with Crippen LogP contribution in [0, 0.1) is 11.8 Å². The van der Waals surface area contributed by atoms with Gasteiger partial charge in [0.05, 0.1) is 0 Å². The monoisotopic (exact) mass is 230 g/mol. The summed E-state index contributed by atoms with van der Waals surface area (Å²) in [4.78, 5) is 10.4. The van der Waals surface area contributed by atoms with Gasteiger partial charge in [-0.2, -0.15) is 0 Å². The van der Waals surface area contributed by atoms with E-state index in [4.69, 9.17) is 9.47 Å². The summed E-state index contributed by atoms with van der Waals surface area (Å²) < 4.78 is 10.3. The highest BCUT2D eigenvalue weighted by Gasteiger charge is 2.09. The molecule has 0 spiro atoms.